The topological polar surface area (TPSA) is 70.4 Å². The molecule has 1 heterocycles. The van der Waals surface area contributed by atoms with E-state index in [1.807, 2.05) is 49.1 Å². The summed E-state index contributed by atoms with van der Waals surface area (Å²) in [5, 5.41) is 9.62. The molecule has 2 unspecified atom stereocenters. The first-order valence-electron chi connectivity index (χ1n) is 9.17. The molecule has 1 saturated carbocycles. The van der Waals surface area contributed by atoms with Gasteiger partial charge in [0.15, 0.2) is 5.78 Å². The van der Waals surface area contributed by atoms with Crippen molar-refractivity contribution in [3.8, 4) is 6.07 Å². The van der Waals surface area contributed by atoms with E-state index in [9.17, 15) is 14.9 Å². The number of methoxy groups -OCH3 is 1. The van der Waals surface area contributed by atoms with E-state index in [4.69, 9.17) is 4.74 Å². The van der Waals surface area contributed by atoms with Crippen LogP contribution in [0.4, 0.5) is 0 Å². The monoisotopic (exact) mass is 354 g/mol. The molecule has 26 heavy (non-hydrogen) atoms. The quantitative estimate of drug-likeness (QED) is 0.833. The summed E-state index contributed by atoms with van der Waals surface area (Å²) in [5.41, 5.74) is -0.624. The maximum Gasteiger partial charge on any atom is 0.233 e. The fourth-order valence-corrected chi connectivity index (χ4v) is 5.00. The Morgan fingerprint density at radius 1 is 1.27 bits per heavy atom. The predicted molar refractivity (Wildman–Crippen MR) is 97.2 cm³/mol. The Bertz CT molecular complexity index is 737. The minimum Gasteiger partial charge on any atom is -0.383 e. The molecule has 0 spiro atoms. The summed E-state index contributed by atoms with van der Waals surface area (Å²) >= 11 is 0. The number of likely N-dealkylation sites (tertiary alicyclic amines) is 1. The summed E-state index contributed by atoms with van der Waals surface area (Å²) in [7, 11) is 1.62. The van der Waals surface area contributed by atoms with E-state index in [2.05, 4.69) is 6.07 Å². The number of hydrogen-bond donors (Lipinski definition) is 0. The van der Waals surface area contributed by atoms with Crippen molar-refractivity contribution in [2.45, 2.75) is 32.1 Å². The third-order valence-electron chi connectivity index (χ3n) is 6.31. The molecule has 0 N–H and O–H groups in total. The summed E-state index contributed by atoms with van der Waals surface area (Å²) in [5.74, 6) is -0.874. The minimum absolute atomic E-state index is 0.0258. The second-order valence-electron chi connectivity index (χ2n) is 7.94. The van der Waals surface area contributed by atoms with E-state index in [0.717, 1.165) is 12.0 Å². The minimum atomic E-state index is -0.828. The molecule has 2 fully saturated rings. The summed E-state index contributed by atoms with van der Waals surface area (Å²) in [6.45, 7) is 5.43. The molecule has 2 aliphatic rings. The van der Waals surface area contributed by atoms with Gasteiger partial charge in [-0.1, -0.05) is 44.2 Å². The maximum absolute atomic E-state index is 13.7. The molecule has 1 aliphatic carbocycles. The van der Waals surface area contributed by atoms with Crippen molar-refractivity contribution >= 4 is 11.7 Å². The predicted octanol–water partition coefficient (Wildman–Crippen LogP) is 2.56. The highest BCUT2D eigenvalue weighted by Gasteiger charge is 2.63. The second-order valence-corrected chi connectivity index (χ2v) is 7.94. The summed E-state index contributed by atoms with van der Waals surface area (Å²) in [4.78, 5) is 28.4. The molecule has 1 aromatic rings. The average molecular weight is 354 g/mol. The molecular formula is C21H26N2O3. The number of nitriles is 1. The van der Waals surface area contributed by atoms with Crippen LogP contribution in [0.2, 0.25) is 0 Å². The first-order chi connectivity index (χ1) is 12.4. The van der Waals surface area contributed by atoms with Crippen molar-refractivity contribution in [1.82, 2.24) is 4.90 Å². The lowest BCUT2D eigenvalue weighted by atomic mass is 9.48. The summed E-state index contributed by atoms with van der Waals surface area (Å²) in [6, 6.07) is 11.9. The second kappa shape index (κ2) is 6.85. The van der Waals surface area contributed by atoms with Crippen LogP contribution >= 0.6 is 0 Å². The van der Waals surface area contributed by atoms with Gasteiger partial charge in [0.05, 0.1) is 18.1 Å². The standard InChI is InChI=1S/C21H26N2O3/c1-20(2)17-9-10-23(11-12-26-3)19(25)21(17,13-15(14-22)18(20)24)16-7-5-4-6-8-16/h4-8,15,17H,9-13H2,1-3H3/t15?,17-,21?/m0/s1. The van der Waals surface area contributed by atoms with Crippen LogP contribution in [0.25, 0.3) is 0 Å². The SMILES string of the molecule is COCCN1CC[C@H]2C(C)(C)C(=O)C(C#N)CC2(c2ccccc2)C1=O. The van der Waals surface area contributed by atoms with Gasteiger partial charge in [-0.15, -0.1) is 0 Å². The lowest BCUT2D eigenvalue weighted by molar-refractivity contribution is -0.160. The Morgan fingerprint density at radius 3 is 2.58 bits per heavy atom. The van der Waals surface area contributed by atoms with Gasteiger partial charge in [-0.3, -0.25) is 9.59 Å². The van der Waals surface area contributed by atoms with Crippen LogP contribution in [0.3, 0.4) is 0 Å². The third kappa shape index (κ3) is 2.64. The van der Waals surface area contributed by atoms with E-state index in [-0.39, 0.29) is 24.0 Å². The number of piperidine rings is 1. The zero-order valence-electron chi connectivity index (χ0n) is 15.7. The molecule has 5 heteroatoms. The fraction of sp³-hybridized carbons (Fsp3) is 0.571. The lowest BCUT2D eigenvalue weighted by Gasteiger charge is -2.56. The van der Waals surface area contributed by atoms with Crippen molar-refractivity contribution in [2.75, 3.05) is 26.8 Å². The van der Waals surface area contributed by atoms with E-state index < -0.39 is 16.7 Å². The number of Topliss-reactive ketones (excluding diaryl/α,β-unsaturated/α-hetero) is 1. The number of benzene rings is 1. The smallest absolute Gasteiger partial charge is 0.233 e. The van der Waals surface area contributed by atoms with Gasteiger partial charge in [-0.25, -0.2) is 0 Å². The highest BCUT2D eigenvalue weighted by atomic mass is 16.5. The van der Waals surface area contributed by atoms with Crippen LogP contribution in [0, 0.1) is 28.6 Å². The number of nitrogens with zero attached hydrogens (tertiary/aromatic N) is 2. The average Bonchev–Trinajstić information content (AvgIpc) is 2.65. The van der Waals surface area contributed by atoms with Gasteiger partial charge in [-0.2, -0.15) is 5.26 Å². The van der Waals surface area contributed by atoms with Crippen LogP contribution in [0.1, 0.15) is 32.3 Å². The summed E-state index contributed by atoms with van der Waals surface area (Å²) < 4.78 is 5.17. The molecule has 3 rings (SSSR count). The van der Waals surface area contributed by atoms with Crippen LogP contribution < -0.4 is 0 Å². The van der Waals surface area contributed by atoms with Crippen LogP contribution in [0.5, 0.6) is 0 Å². The first kappa shape index (κ1) is 18.6. The Hall–Kier alpha value is -2.19. The molecule has 5 nitrogen and oxygen atoms in total. The van der Waals surface area contributed by atoms with Crippen molar-refractivity contribution in [3.63, 3.8) is 0 Å². The van der Waals surface area contributed by atoms with Gasteiger partial charge in [0.25, 0.3) is 0 Å². The van der Waals surface area contributed by atoms with Gasteiger partial charge < -0.3 is 9.64 Å². The first-order valence-corrected chi connectivity index (χ1v) is 9.17. The van der Waals surface area contributed by atoms with E-state index in [1.165, 1.54) is 0 Å². The van der Waals surface area contributed by atoms with Gasteiger partial charge in [0, 0.05) is 25.6 Å². The number of rotatable bonds is 4. The molecule has 1 amide bonds. The van der Waals surface area contributed by atoms with E-state index in [0.29, 0.717) is 19.7 Å². The third-order valence-corrected chi connectivity index (χ3v) is 6.31. The molecule has 0 radical (unpaired) electrons. The largest absolute Gasteiger partial charge is 0.383 e. The fourth-order valence-electron chi connectivity index (χ4n) is 5.00. The number of hydrogen-bond acceptors (Lipinski definition) is 4. The number of amides is 1. The number of carbonyl (C=O) groups is 2. The molecular weight excluding hydrogens is 328 g/mol. The van der Waals surface area contributed by atoms with E-state index >= 15 is 0 Å². The number of carbonyl (C=O) groups excluding carboxylic acids is 2. The van der Waals surface area contributed by atoms with Gasteiger partial charge >= 0.3 is 0 Å². The van der Waals surface area contributed by atoms with Crippen molar-refractivity contribution in [3.05, 3.63) is 35.9 Å². The van der Waals surface area contributed by atoms with Crippen LogP contribution in [-0.4, -0.2) is 43.4 Å². The molecule has 0 bridgehead atoms. The molecule has 1 aliphatic heterocycles. The zero-order chi connectivity index (χ0) is 18.9. The van der Waals surface area contributed by atoms with Crippen LogP contribution in [0.15, 0.2) is 30.3 Å². The van der Waals surface area contributed by atoms with Crippen molar-refractivity contribution < 1.29 is 14.3 Å². The highest BCUT2D eigenvalue weighted by Crippen LogP contribution is 2.56. The van der Waals surface area contributed by atoms with Gasteiger partial charge in [0.2, 0.25) is 5.91 Å². The molecule has 138 valence electrons. The molecule has 0 aromatic heterocycles. The lowest BCUT2D eigenvalue weighted by Crippen LogP contribution is -2.65. The highest BCUT2D eigenvalue weighted by molar-refractivity contribution is 5.97. The normalized spacial score (nSPS) is 30.6. The molecule has 1 saturated heterocycles. The Balaban J connectivity index is 2.15. The Kier molecular flexibility index (Phi) is 4.90. The molecule has 3 atom stereocenters. The van der Waals surface area contributed by atoms with Crippen molar-refractivity contribution in [2.24, 2.45) is 17.3 Å². The van der Waals surface area contributed by atoms with Crippen molar-refractivity contribution in [1.29, 1.82) is 5.26 Å². The van der Waals surface area contributed by atoms with E-state index in [1.54, 1.807) is 7.11 Å². The Morgan fingerprint density at radius 2 is 1.96 bits per heavy atom. The van der Waals surface area contributed by atoms with Gasteiger partial charge in [0.1, 0.15) is 5.92 Å². The molecule has 1 aromatic carbocycles. The number of ether oxygens (including phenoxy) is 1. The Labute approximate surface area is 154 Å². The zero-order valence-corrected chi connectivity index (χ0v) is 15.7. The summed E-state index contributed by atoms with van der Waals surface area (Å²) in [6.07, 6.45) is 1.02. The maximum atomic E-state index is 13.7. The number of fused-ring (bicyclic) bond motifs is 1. The van der Waals surface area contributed by atoms with Crippen LogP contribution in [-0.2, 0) is 19.7 Å². The number of ketones is 1. The van der Waals surface area contributed by atoms with Gasteiger partial charge in [-0.05, 0) is 24.3 Å².